The van der Waals surface area contributed by atoms with Crippen molar-refractivity contribution in [3.05, 3.63) is 66.5 Å². The van der Waals surface area contributed by atoms with Crippen molar-refractivity contribution < 1.29 is 29.4 Å². The maximum absolute atomic E-state index is 11.5. The summed E-state index contributed by atoms with van der Waals surface area (Å²) >= 11 is 0. The summed E-state index contributed by atoms with van der Waals surface area (Å²) in [5.74, 6) is -1.16. The minimum Gasteiger partial charge on any atom is -0.480 e. The number of rotatable bonds is 5. The van der Waals surface area contributed by atoms with Crippen molar-refractivity contribution in [1.82, 2.24) is 15.0 Å². The van der Waals surface area contributed by atoms with E-state index in [1.807, 2.05) is 42.5 Å². The Bertz CT molecular complexity index is 917. The van der Waals surface area contributed by atoms with E-state index in [4.69, 9.17) is 0 Å². The molecule has 0 saturated heterocycles. The van der Waals surface area contributed by atoms with Crippen molar-refractivity contribution in [2.75, 3.05) is 0 Å². The van der Waals surface area contributed by atoms with Gasteiger partial charge in [-0.25, -0.2) is 4.98 Å². The normalized spacial score (nSPS) is 12.3. The van der Waals surface area contributed by atoms with Gasteiger partial charge in [0.25, 0.3) is 0 Å². The van der Waals surface area contributed by atoms with Crippen molar-refractivity contribution >= 4 is 5.97 Å². The first-order valence-electron chi connectivity index (χ1n) is 8.00. The summed E-state index contributed by atoms with van der Waals surface area (Å²) in [6, 6.07) is 16.4. The molecule has 136 valence electrons. The Hall–Kier alpha value is -2.97. The summed E-state index contributed by atoms with van der Waals surface area (Å²) in [4.78, 5) is 24.7. The number of nitrogens with zero attached hydrogens (tertiary/aromatic N) is 4. The van der Waals surface area contributed by atoms with E-state index in [0.717, 1.165) is 0 Å². The molecule has 0 radical (unpaired) electrons. The fourth-order valence-electron chi connectivity index (χ4n) is 2.55. The number of nitriles is 1. The van der Waals surface area contributed by atoms with Gasteiger partial charge in [0.1, 0.15) is 0 Å². The molecule has 0 aromatic carbocycles. The summed E-state index contributed by atoms with van der Waals surface area (Å²) in [6.45, 7) is 1.41. The van der Waals surface area contributed by atoms with Crippen LogP contribution in [0.1, 0.15) is 12.5 Å². The number of carbonyl (C=O) groups is 1. The number of pyridine rings is 3. The van der Waals surface area contributed by atoms with Gasteiger partial charge in [0, 0.05) is 38.3 Å². The van der Waals surface area contributed by atoms with E-state index in [2.05, 4.69) is 15.0 Å². The van der Waals surface area contributed by atoms with Crippen LogP contribution in [-0.2, 0) is 30.7 Å². The van der Waals surface area contributed by atoms with E-state index >= 15 is 0 Å². The molecule has 0 bridgehead atoms. The largest absolute Gasteiger partial charge is 0.480 e. The van der Waals surface area contributed by atoms with Gasteiger partial charge in [-0.3, -0.25) is 14.8 Å². The molecule has 0 spiro atoms. The minimum atomic E-state index is -1.52. The van der Waals surface area contributed by atoms with Crippen LogP contribution in [-0.4, -0.2) is 26.0 Å². The second kappa shape index (κ2) is 8.61. The van der Waals surface area contributed by atoms with Crippen molar-refractivity contribution in [3.63, 3.8) is 0 Å². The fourth-order valence-corrected chi connectivity index (χ4v) is 2.55. The van der Waals surface area contributed by atoms with Crippen LogP contribution in [0.15, 0.2) is 60.9 Å². The van der Waals surface area contributed by atoms with Crippen LogP contribution < -0.4 is 0 Å². The van der Waals surface area contributed by atoms with Gasteiger partial charge in [0.2, 0.25) is 0 Å². The van der Waals surface area contributed by atoms with Gasteiger partial charge in [-0.15, -0.1) is 0 Å². The maximum Gasteiger partial charge on any atom is 0.324 e. The Morgan fingerprint density at radius 1 is 1.04 bits per heavy atom. The molecule has 3 aromatic heterocycles. The topological polar surface area (TPSA) is 99.8 Å². The molecular weight excluding hydrogens is 429 g/mol. The van der Waals surface area contributed by atoms with Crippen LogP contribution in [0, 0.1) is 16.7 Å². The molecule has 0 aliphatic heterocycles. The van der Waals surface area contributed by atoms with Crippen LogP contribution >= 0.6 is 0 Å². The molecule has 1 unspecified atom stereocenters. The van der Waals surface area contributed by atoms with E-state index < -0.39 is 11.4 Å². The third kappa shape index (κ3) is 4.61. The molecule has 3 aromatic rings. The maximum atomic E-state index is 11.5. The number of hydrogen-bond acceptors (Lipinski definition) is 5. The molecule has 27 heavy (non-hydrogen) atoms. The third-order valence-corrected chi connectivity index (χ3v) is 4.02. The zero-order valence-corrected chi connectivity index (χ0v) is 16.2. The minimum absolute atomic E-state index is 0. The molecule has 1 N–H and O–H groups in total. The van der Waals surface area contributed by atoms with Crippen molar-refractivity contribution in [1.29, 1.82) is 5.26 Å². The molecule has 1 atom stereocenters. The van der Waals surface area contributed by atoms with Crippen molar-refractivity contribution in [2.45, 2.75) is 13.3 Å². The molecule has 3 rings (SSSR count). The number of carboxylic acids is 1. The quantitative estimate of drug-likeness (QED) is 0.605. The Kier molecular flexibility index (Phi) is 6.49. The summed E-state index contributed by atoms with van der Waals surface area (Å²) in [5, 5.41) is 18.7. The van der Waals surface area contributed by atoms with Gasteiger partial charge >= 0.3 is 5.97 Å². The zero-order chi connectivity index (χ0) is 18.6. The summed E-state index contributed by atoms with van der Waals surface area (Å²) in [5.41, 5.74) is 1.71. The first-order valence-corrected chi connectivity index (χ1v) is 8.00. The van der Waals surface area contributed by atoms with E-state index in [-0.39, 0.29) is 25.9 Å². The summed E-state index contributed by atoms with van der Waals surface area (Å²) < 4.78 is 0. The Morgan fingerprint density at radius 2 is 1.56 bits per heavy atom. The Balaban J connectivity index is 0.00000261. The molecule has 0 fully saturated rings. The molecule has 0 aliphatic carbocycles. The predicted octanol–water partition coefficient (Wildman–Crippen LogP) is 3.36. The van der Waals surface area contributed by atoms with E-state index in [1.165, 1.54) is 6.92 Å². The van der Waals surface area contributed by atoms with Crippen molar-refractivity contribution in [3.8, 4) is 28.8 Å². The first-order chi connectivity index (χ1) is 12.5. The summed E-state index contributed by atoms with van der Waals surface area (Å²) in [6.07, 6.45) is 3.39. The molecule has 0 amide bonds. The fraction of sp³-hybridized carbons (Fsp3) is 0.150. The predicted molar refractivity (Wildman–Crippen MR) is 95.8 cm³/mol. The molecule has 0 saturated carbocycles. The average molecular weight is 445 g/mol. The molecule has 0 aliphatic rings. The van der Waals surface area contributed by atoms with E-state index in [9.17, 15) is 15.2 Å². The van der Waals surface area contributed by atoms with E-state index in [0.29, 0.717) is 28.3 Å². The van der Waals surface area contributed by atoms with Gasteiger partial charge in [0.15, 0.2) is 5.41 Å². The summed E-state index contributed by atoms with van der Waals surface area (Å²) in [7, 11) is 0. The first kappa shape index (κ1) is 20.3. The molecular formula is C20H16N4O2Ru. The number of carboxylic acid groups (broad SMARTS) is 1. The molecule has 3 heterocycles. The van der Waals surface area contributed by atoms with Gasteiger partial charge in [-0.2, -0.15) is 5.26 Å². The second-order valence-corrected chi connectivity index (χ2v) is 6.10. The van der Waals surface area contributed by atoms with Gasteiger partial charge in [0.05, 0.1) is 28.8 Å². The van der Waals surface area contributed by atoms with Crippen LogP contribution in [0.5, 0.6) is 0 Å². The molecule has 6 nitrogen and oxygen atoms in total. The standard InChI is InChI=1S/C20H16N4O2.Ru/c1-20(13-21,19(25)26)12-14-10-17(15-6-2-4-8-22-15)24-18(11-14)16-7-3-5-9-23-16;/h2-11H,12H2,1H3,(H,25,26);. The monoisotopic (exact) mass is 446 g/mol. The van der Waals surface area contributed by atoms with Crippen molar-refractivity contribution in [2.24, 2.45) is 5.41 Å². The van der Waals surface area contributed by atoms with Crippen LogP contribution in [0.3, 0.4) is 0 Å². The SMILES string of the molecule is CC(C#N)(Cc1cc(-c2ccccn2)nc(-c2ccccn2)c1)C(=O)O.[Ru]. The zero-order valence-electron chi connectivity index (χ0n) is 14.5. The number of aromatic nitrogens is 3. The average Bonchev–Trinajstić information content (AvgIpc) is 2.69. The van der Waals surface area contributed by atoms with Gasteiger partial charge in [-0.05, 0) is 48.9 Å². The van der Waals surface area contributed by atoms with Crippen LogP contribution in [0.4, 0.5) is 0 Å². The number of hydrogen-bond donors (Lipinski definition) is 1. The third-order valence-electron chi connectivity index (χ3n) is 4.02. The Morgan fingerprint density at radius 3 is 1.93 bits per heavy atom. The van der Waals surface area contributed by atoms with Gasteiger partial charge < -0.3 is 5.11 Å². The second-order valence-electron chi connectivity index (χ2n) is 6.10. The molecule has 7 heteroatoms. The van der Waals surface area contributed by atoms with E-state index in [1.54, 1.807) is 24.5 Å². The van der Waals surface area contributed by atoms with Gasteiger partial charge in [-0.1, -0.05) is 12.1 Å². The van der Waals surface area contributed by atoms with Crippen LogP contribution in [0.2, 0.25) is 0 Å². The van der Waals surface area contributed by atoms with Crippen LogP contribution in [0.25, 0.3) is 22.8 Å². The Labute approximate surface area is 169 Å². The smallest absolute Gasteiger partial charge is 0.324 e. The number of aliphatic carboxylic acids is 1.